The molecule has 0 saturated carbocycles. The Hall–Kier alpha value is -2.92. The first-order chi connectivity index (χ1) is 16.8. The second-order valence-electron chi connectivity index (χ2n) is 8.43. The minimum absolute atomic E-state index is 0.282. The molecule has 1 aliphatic heterocycles. The van der Waals surface area contributed by atoms with Crippen molar-refractivity contribution in [3.63, 3.8) is 0 Å². The first-order valence-electron chi connectivity index (χ1n) is 11.3. The molecule has 8 nitrogen and oxygen atoms in total. The SMILES string of the molecule is Cc1cc(C)nc(Sc2nnc(-c3ccc(C)c(S(=O)(=O)N4CCOCC4)c3)c3ccccc23)n1. The maximum atomic E-state index is 13.4. The van der Waals surface area contributed by atoms with Gasteiger partial charge in [0.1, 0.15) is 10.7 Å². The predicted octanol–water partition coefficient (Wildman–Crippen LogP) is 4.18. The van der Waals surface area contributed by atoms with Gasteiger partial charge in [-0.25, -0.2) is 18.4 Å². The fourth-order valence-corrected chi connectivity index (χ4v) is 6.73. The largest absolute Gasteiger partial charge is 0.379 e. The molecule has 0 amide bonds. The zero-order valence-electron chi connectivity index (χ0n) is 19.7. The number of aryl methyl sites for hydroxylation is 3. The van der Waals surface area contributed by atoms with Gasteiger partial charge in [0, 0.05) is 40.8 Å². The van der Waals surface area contributed by atoms with Crippen LogP contribution < -0.4 is 0 Å². The third-order valence-corrected chi connectivity index (χ3v) is 8.75. The Balaban J connectivity index is 1.58. The Morgan fingerprint density at radius 2 is 1.57 bits per heavy atom. The lowest BCUT2D eigenvalue weighted by Crippen LogP contribution is -2.40. The van der Waals surface area contributed by atoms with Gasteiger partial charge in [0.2, 0.25) is 10.0 Å². The van der Waals surface area contributed by atoms with E-state index in [2.05, 4.69) is 20.2 Å². The average Bonchev–Trinajstić information content (AvgIpc) is 2.84. The van der Waals surface area contributed by atoms with Gasteiger partial charge >= 0.3 is 0 Å². The highest BCUT2D eigenvalue weighted by atomic mass is 32.2. The fraction of sp³-hybridized carbons (Fsp3) is 0.280. The molecule has 1 aliphatic rings. The standard InChI is InChI=1S/C25H25N5O3S2/c1-16-8-9-19(15-22(16)35(31,32)30-10-12-33-13-11-30)23-20-6-4-5-7-21(20)24(29-28-23)34-25-26-17(2)14-18(3)27-25/h4-9,14-15H,10-13H2,1-3H3. The summed E-state index contributed by atoms with van der Waals surface area (Å²) in [6.07, 6.45) is 0. The topological polar surface area (TPSA) is 98.2 Å². The number of hydrogen-bond donors (Lipinski definition) is 0. The minimum Gasteiger partial charge on any atom is -0.379 e. The third-order valence-electron chi connectivity index (χ3n) is 5.85. The van der Waals surface area contributed by atoms with Crippen LogP contribution in [-0.2, 0) is 14.8 Å². The van der Waals surface area contributed by atoms with Crippen molar-refractivity contribution in [1.82, 2.24) is 24.5 Å². The van der Waals surface area contributed by atoms with Crippen molar-refractivity contribution in [2.45, 2.75) is 35.8 Å². The van der Waals surface area contributed by atoms with E-state index in [0.29, 0.717) is 53.3 Å². The molecule has 0 aliphatic carbocycles. The van der Waals surface area contributed by atoms with Crippen LogP contribution >= 0.6 is 11.8 Å². The van der Waals surface area contributed by atoms with Crippen molar-refractivity contribution in [1.29, 1.82) is 0 Å². The summed E-state index contributed by atoms with van der Waals surface area (Å²) < 4.78 is 33.6. The van der Waals surface area contributed by atoms with Crippen molar-refractivity contribution in [2.75, 3.05) is 26.3 Å². The average molecular weight is 508 g/mol. The number of morpholine rings is 1. The van der Waals surface area contributed by atoms with Gasteiger partial charge in [-0.2, -0.15) is 4.31 Å². The molecule has 2 aromatic heterocycles. The first kappa shape index (κ1) is 23.8. The van der Waals surface area contributed by atoms with Crippen LogP contribution in [0, 0.1) is 20.8 Å². The van der Waals surface area contributed by atoms with Gasteiger partial charge in [0.25, 0.3) is 0 Å². The molecule has 10 heteroatoms. The summed E-state index contributed by atoms with van der Waals surface area (Å²) in [5.74, 6) is 0. The summed E-state index contributed by atoms with van der Waals surface area (Å²) in [7, 11) is -3.65. The highest BCUT2D eigenvalue weighted by Crippen LogP contribution is 2.35. The van der Waals surface area contributed by atoms with Crippen LogP contribution in [0.3, 0.4) is 0 Å². The van der Waals surface area contributed by atoms with Gasteiger partial charge in [-0.3, -0.25) is 0 Å². The lowest BCUT2D eigenvalue weighted by molar-refractivity contribution is 0.0730. The van der Waals surface area contributed by atoms with E-state index in [4.69, 9.17) is 4.74 Å². The second-order valence-corrected chi connectivity index (χ2v) is 11.3. The highest BCUT2D eigenvalue weighted by molar-refractivity contribution is 7.99. The van der Waals surface area contributed by atoms with Crippen LogP contribution in [-0.4, -0.2) is 59.2 Å². The smallest absolute Gasteiger partial charge is 0.243 e. The molecule has 0 atom stereocenters. The van der Waals surface area contributed by atoms with Crippen LogP contribution in [0.4, 0.5) is 0 Å². The molecule has 3 heterocycles. The summed E-state index contributed by atoms with van der Waals surface area (Å²) in [5.41, 5.74) is 3.80. The summed E-state index contributed by atoms with van der Waals surface area (Å²) in [5, 5.41) is 12.1. The lowest BCUT2D eigenvalue weighted by atomic mass is 10.0. The van der Waals surface area contributed by atoms with Crippen molar-refractivity contribution in [2.24, 2.45) is 0 Å². The molecule has 5 rings (SSSR count). The number of nitrogens with zero attached hydrogens (tertiary/aromatic N) is 5. The maximum Gasteiger partial charge on any atom is 0.243 e. The van der Waals surface area contributed by atoms with Crippen molar-refractivity contribution < 1.29 is 13.2 Å². The molecule has 180 valence electrons. The molecular weight excluding hydrogens is 482 g/mol. The number of aromatic nitrogens is 4. The van der Waals surface area contributed by atoms with Crippen molar-refractivity contribution in [3.8, 4) is 11.3 Å². The Morgan fingerprint density at radius 1 is 0.886 bits per heavy atom. The number of sulfonamides is 1. The van der Waals surface area contributed by atoms with Crippen molar-refractivity contribution >= 4 is 32.6 Å². The van der Waals surface area contributed by atoms with Gasteiger partial charge in [-0.15, -0.1) is 10.2 Å². The van der Waals surface area contributed by atoms with E-state index in [1.807, 2.05) is 63.2 Å². The number of hydrogen-bond acceptors (Lipinski definition) is 8. The molecule has 0 N–H and O–H groups in total. The van der Waals surface area contributed by atoms with Crippen LogP contribution in [0.5, 0.6) is 0 Å². The summed E-state index contributed by atoms with van der Waals surface area (Å²) in [6.45, 7) is 7.18. The number of benzene rings is 2. The first-order valence-corrected chi connectivity index (χ1v) is 13.5. The normalized spacial score (nSPS) is 14.9. The molecule has 0 spiro atoms. The van der Waals surface area contributed by atoms with Gasteiger partial charge < -0.3 is 4.74 Å². The van der Waals surface area contributed by atoms with E-state index < -0.39 is 10.0 Å². The zero-order chi connectivity index (χ0) is 24.6. The van der Waals surface area contributed by atoms with E-state index in [9.17, 15) is 8.42 Å². The summed E-state index contributed by atoms with van der Waals surface area (Å²) in [6, 6.07) is 15.2. The van der Waals surface area contributed by atoms with E-state index >= 15 is 0 Å². The van der Waals surface area contributed by atoms with E-state index in [1.54, 1.807) is 6.07 Å². The van der Waals surface area contributed by atoms with Gasteiger partial charge in [-0.1, -0.05) is 36.4 Å². The Labute approximate surface area is 208 Å². The highest BCUT2D eigenvalue weighted by Gasteiger charge is 2.28. The van der Waals surface area contributed by atoms with E-state index in [-0.39, 0.29) is 4.90 Å². The number of rotatable bonds is 5. The van der Waals surface area contributed by atoms with E-state index in [1.165, 1.54) is 16.1 Å². The monoisotopic (exact) mass is 507 g/mol. The lowest BCUT2D eigenvalue weighted by Gasteiger charge is -2.26. The quantitative estimate of drug-likeness (QED) is 0.371. The van der Waals surface area contributed by atoms with Crippen molar-refractivity contribution in [3.05, 3.63) is 65.5 Å². The Kier molecular flexibility index (Phi) is 6.54. The molecule has 1 fully saturated rings. The van der Waals surface area contributed by atoms with Gasteiger partial charge in [0.15, 0.2) is 5.16 Å². The zero-order valence-corrected chi connectivity index (χ0v) is 21.4. The Morgan fingerprint density at radius 3 is 2.29 bits per heavy atom. The molecule has 0 unspecified atom stereocenters. The van der Waals surface area contributed by atoms with E-state index in [0.717, 1.165) is 22.2 Å². The van der Waals surface area contributed by atoms with Crippen LogP contribution in [0.25, 0.3) is 22.0 Å². The van der Waals surface area contributed by atoms with Crippen LogP contribution in [0.15, 0.2) is 63.6 Å². The van der Waals surface area contributed by atoms with Crippen LogP contribution in [0.1, 0.15) is 17.0 Å². The number of fused-ring (bicyclic) bond motifs is 1. The van der Waals surface area contributed by atoms with Gasteiger partial charge in [-0.05, 0) is 50.2 Å². The minimum atomic E-state index is -3.65. The fourth-order valence-electron chi connectivity index (χ4n) is 4.14. The Bertz CT molecular complexity index is 1500. The second kappa shape index (κ2) is 9.62. The molecule has 0 bridgehead atoms. The molecule has 35 heavy (non-hydrogen) atoms. The molecular formula is C25H25N5O3S2. The summed E-state index contributed by atoms with van der Waals surface area (Å²) >= 11 is 1.37. The molecule has 0 radical (unpaired) electrons. The molecule has 4 aromatic rings. The summed E-state index contributed by atoms with van der Waals surface area (Å²) in [4.78, 5) is 9.31. The van der Waals surface area contributed by atoms with Gasteiger partial charge in [0.05, 0.1) is 18.1 Å². The predicted molar refractivity (Wildman–Crippen MR) is 135 cm³/mol. The molecule has 1 saturated heterocycles. The number of ether oxygens (including phenoxy) is 1. The maximum absolute atomic E-state index is 13.4. The van der Waals surface area contributed by atoms with Crippen LogP contribution in [0.2, 0.25) is 0 Å². The third kappa shape index (κ3) is 4.79. The molecule has 2 aromatic carbocycles.